The zero-order chi connectivity index (χ0) is 8.65. The molecule has 0 aliphatic carbocycles. The highest BCUT2D eigenvalue weighted by atomic mass is 16.5. The van der Waals surface area contributed by atoms with Crippen molar-refractivity contribution in [2.75, 3.05) is 7.05 Å². The molecular weight excluding hydrogens is 126 g/mol. The molecule has 0 aromatic rings. The van der Waals surface area contributed by atoms with Crippen molar-refractivity contribution in [3.63, 3.8) is 0 Å². The van der Waals surface area contributed by atoms with E-state index in [1.54, 1.807) is 0 Å². The Hall–Kier alpha value is -0.0800. The summed E-state index contributed by atoms with van der Waals surface area (Å²) < 4.78 is 12.9. The first kappa shape index (κ1) is 6.62. The van der Waals surface area contributed by atoms with E-state index in [1.807, 2.05) is 20.9 Å². The van der Waals surface area contributed by atoms with E-state index in [-0.39, 0.29) is 11.8 Å². The molecule has 1 saturated heterocycles. The smallest absolute Gasteiger partial charge is 0.116 e. The number of nitrogens with zero attached hydrogens (tertiary/aromatic N) is 1. The third kappa shape index (κ3) is 1.06. The Bertz CT molecular complexity index is 149. The Morgan fingerprint density at radius 1 is 1.60 bits per heavy atom. The minimum atomic E-state index is -0.189. The predicted octanol–water partition coefficient (Wildman–Crippen LogP) is 1.46. The SMILES string of the molecule is [3H]CC1OC(C)(C)N(C)C1C. The lowest BCUT2D eigenvalue weighted by molar-refractivity contribution is -0.0626. The molecule has 2 nitrogen and oxygen atoms in total. The highest BCUT2D eigenvalue weighted by molar-refractivity contribution is 4.86. The summed E-state index contributed by atoms with van der Waals surface area (Å²) in [7, 11) is 2.04. The second-order valence-electron chi connectivity index (χ2n) is 3.45. The average molecular weight is 145 g/mol. The van der Waals surface area contributed by atoms with Crippen LogP contribution in [0.2, 0.25) is 0 Å². The van der Waals surface area contributed by atoms with E-state index in [0.717, 1.165) is 0 Å². The van der Waals surface area contributed by atoms with E-state index >= 15 is 0 Å². The van der Waals surface area contributed by atoms with Crippen LogP contribution in [0, 0.1) is 0 Å². The van der Waals surface area contributed by atoms with Gasteiger partial charge in [0.25, 0.3) is 0 Å². The van der Waals surface area contributed by atoms with Gasteiger partial charge in [0.1, 0.15) is 5.72 Å². The molecule has 0 aromatic heterocycles. The summed E-state index contributed by atoms with van der Waals surface area (Å²) in [6.45, 7) is 6.54. The second kappa shape index (κ2) is 2.21. The van der Waals surface area contributed by atoms with Gasteiger partial charge in [-0.2, -0.15) is 0 Å². The number of hydrogen-bond donors (Lipinski definition) is 0. The Morgan fingerprint density at radius 2 is 2.20 bits per heavy atom. The Labute approximate surface area is 64.6 Å². The lowest BCUT2D eigenvalue weighted by atomic mass is 10.2. The van der Waals surface area contributed by atoms with Crippen molar-refractivity contribution in [2.24, 2.45) is 0 Å². The molecule has 0 bridgehead atoms. The lowest BCUT2D eigenvalue weighted by Crippen LogP contribution is -2.39. The topological polar surface area (TPSA) is 12.5 Å². The monoisotopic (exact) mass is 145 g/mol. The molecule has 1 aliphatic rings. The van der Waals surface area contributed by atoms with Crippen LogP contribution in [0.25, 0.3) is 0 Å². The summed E-state index contributed by atoms with van der Waals surface area (Å²) >= 11 is 0. The Morgan fingerprint density at radius 3 is 2.40 bits per heavy atom. The normalized spacial score (nSPS) is 41.8. The van der Waals surface area contributed by atoms with Gasteiger partial charge in [-0.3, -0.25) is 4.90 Å². The Balaban J connectivity index is 2.69. The van der Waals surface area contributed by atoms with Crippen LogP contribution in [-0.2, 0) is 4.74 Å². The van der Waals surface area contributed by atoms with Gasteiger partial charge in [-0.05, 0) is 34.7 Å². The molecule has 0 saturated carbocycles. The zero-order valence-corrected chi connectivity index (χ0v) is 7.22. The van der Waals surface area contributed by atoms with Gasteiger partial charge in [0.05, 0.1) is 6.10 Å². The molecule has 60 valence electrons. The van der Waals surface area contributed by atoms with Crippen LogP contribution in [0.3, 0.4) is 0 Å². The van der Waals surface area contributed by atoms with E-state index in [0.29, 0.717) is 12.9 Å². The van der Waals surface area contributed by atoms with Crippen LogP contribution in [0.5, 0.6) is 0 Å². The lowest BCUT2D eigenvalue weighted by Gasteiger charge is -2.27. The van der Waals surface area contributed by atoms with Crippen molar-refractivity contribution in [2.45, 2.75) is 45.5 Å². The molecule has 0 spiro atoms. The molecule has 1 aliphatic heterocycles. The van der Waals surface area contributed by atoms with Gasteiger partial charge >= 0.3 is 0 Å². The summed E-state index contributed by atoms with van der Waals surface area (Å²) in [5.74, 6) is 0. The minimum absolute atomic E-state index is 0.0787. The van der Waals surface area contributed by atoms with E-state index < -0.39 is 0 Å². The van der Waals surface area contributed by atoms with Crippen LogP contribution in [0.1, 0.15) is 29.0 Å². The van der Waals surface area contributed by atoms with Gasteiger partial charge in [0.2, 0.25) is 0 Å². The van der Waals surface area contributed by atoms with E-state index in [9.17, 15) is 0 Å². The van der Waals surface area contributed by atoms with Crippen LogP contribution >= 0.6 is 0 Å². The number of likely N-dealkylation sites (N-methyl/N-ethyl adjacent to an activating group) is 1. The zero-order valence-electron chi connectivity index (χ0n) is 8.22. The largest absolute Gasteiger partial charge is 0.356 e. The average Bonchev–Trinajstić information content (AvgIpc) is 2.13. The molecule has 0 amide bonds. The number of rotatable bonds is 0. The maximum Gasteiger partial charge on any atom is 0.116 e. The molecule has 2 unspecified atom stereocenters. The standard InChI is InChI=1S/C8H17NO/c1-6-7(2)10-8(3,4)9(6)5/h6-7H,1-5H3/i2T. The molecule has 1 rings (SSSR count). The third-order valence-corrected chi connectivity index (χ3v) is 2.44. The van der Waals surface area contributed by atoms with Crippen molar-refractivity contribution >= 4 is 0 Å². The molecule has 10 heavy (non-hydrogen) atoms. The first-order chi connectivity index (χ1) is 4.99. The first-order valence-corrected chi connectivity index (χ1v) is 3.69. The van der Waals surface area contributed by atoms with Crippen LogP contribution in [0.4, 0.5) is 0 Å². The summed E-state index contributed by atoms with van der Waals surface area (Å²) in [6, 6.07) is 0.363. The summed E-state index contributed by atoms with van der Waals surface area (Å²) in [6.07, 6.45) is 0.0787. The van der Waals surface area contributed by atoms with Crippen molar-refractivity contribution < 1.29 is 6.11 Å². The minimum Gasteiger partial charge on any atom is -0.356 e. The predicted molar refractivity (Wildman–Crippen MR) is 41.9 cm³/mol. The van der Waals surface area contributed by atoms with Crippen molar-refractivity contribution in [3.05, 3.63) is 0 Å². The van der Waals surface area contributed by atoms with Gasteiger partial charge in [0.15, 0.2) is 0 Å². The van der Waals surface area contributed by atoms with Gasteiger partial charge in [-0.1, -0.05) is 0 Å². The maximum absolute atomic E-state index is 7.25. The third-order valence-electron chi connectivity index (χ3n) is 2.44. The molecular formula is C8H17NO. The number of ether oxygens (including phenoxy) is 1. The fourth-order valence-electron chi connectivity index (χ4n) is 1.29. The van der Waals surface area contributed by atoms with Crippen LogP contribution < -0.4 is 0 Å². The second-order valence-corrected chi connectivity index (χ2v) is 3.45. The first-order valence-electron chi connectivity index (χ1n) is 4.39. The molecule has 1 fully saturated rings. The fraction of sp³-hybridized carbons (Fsp3) is 1.00. The molecule has 0 radical (unpaired) electrons. The summed E-state index contributed by atoms with van der Waals surface area (Å²) in [5.41, 5.74) is -0.189. The molecule has 1 heterocycles. The Kier molecular flexibility index (Phi) is 1.46. The van der Waals surface area contributed by atoms with Gasteiger partial charge in [-0.25, -0.2) is 0 Å². The van der Waals surface area contributed by atoms with Crippen molar-refractivity contribution in [1.82, 2.24) is 4.90 Å². The molecule has 2 heteroatoms. The fourth-order valence-corrected chi connectivity index (χ4v) is 1.29. The quantitative estimate of drug-likeness (QED) is 0.511. The van der Waals surface area contributed by atoms with E-state index in [2.05, 4.69) is 11.8 Å². The van der Waals surface area contributed by atoms with E-state index in [1.165, 1.54) is 0 Å². The summed E-state index contributed by atoms with van der Waals surface area (Å²) in [4.78, 5) is 2.17. The molecule has 0 aromatic carbocycles. The highest BCUT2D eigenvalue weighted by Gasteiger charge is 2.39. The van der Waals surface area contributed by atoms with Gasteiger partial charge < -0.3 is 4.74 Å². The van der Waals surface area contributed by atoms with E-state index in [4.69, 9.17) is 6.11 Å². The van der Waals surface area contributed by atoms with Crippen LogP contribution in [0.15, 0.2) is 0 Å². The van der Waals surface area contributed by atoms with Crippen molar-refractivity contribution in [1.29, 1.82) is 0 Å². The number of hydrogen-bond acceptors (Lipinski definition) is 2. The molecule has 2 atom stereocenters. The maximum atomic E-state index is 7.25. The van der Waals surface area contributed by atoms with Gasteiger partial charge in [-0.15, -0.1) is 0 Å². The highest BCUT2D eigenvalue weighted by Crippen LogP contribution is 2.29. The molecule has 0 N–H and O–H groups in total. The van der Waals surface area contributed by atoms with Crippen molar-refractivity contribution in [3.8, 4) is 0 Å². The summed E-state index contributed by atoms with van der Waals surface area (Å²) in [5, 5.41) is 0. The van der Waals surface area contributed by atoms with Gasteiger partial charge in [0, 0.05) is 7.41 Å². The van der Waals surface area contributed by atoms with Crippen LogP contribution in [-0.4, -0.2) is 29.8 Å².